The number of hydrogen-bond acceptors (Lipinski definition) is 5. The minimum atomic E-state index is -0.541. The Balaban J connectivity index is 1.68. The highest BCUT2D eigenvalue weighted by atomic mass is 16.5. The fourth-order valence-corrected chi connectivity index (χ4v) is 5.51. The zero-order chi connectivity index (χ0) is 19.5. The summed E-state index contributed by atoms with van der Waals surface area (Å²) in [5, 5.41) is 1.16. The molecule has 0 bridgehead atoms. The molecule has 2 aliphatic heterocycles. The number of fused-ring (bicyclic) bond motifs is 7. The van der Waals surface area contributed by atoms with Crippen LogP contribution in [0.15, 0.2) is 36.4 Å². The van der Waals surface area contributed by atoms with Crippen molar-refractivity contribution in [2.75, 3.05) is 14.2 Å². The highest BCUT2D eigenvalue weighted by Crippen LogP contribution is 2.50. The Morgan fingerprint density at radius 3 is 2.86 bits per heavy atom. The van der Waals surface area contributed by atoms with E-state index in [9.17, 15) is 9.59 Å². The summed E-state index contributed by atoms with van der Waals surface area (Å²) in [4.78, 5) is 30.9. The molecule has 5 rings (SSSR count). The number of nitrogens with one attached hydrogen (secondary N) is 1. The molecule has 146 valence electrons. The van der Waals surface area contributed by atoms with E-state index in [0.29, 0.717) is 12.8 Å². The summed E-state index contributed by atoms with van der Waals surface area (Å²) in [6.45, 7) is 0. The number of methoxy groups -OCH3 is 2. The Labute approximate surface area is 163 Å². The maximum atomic E-state index is 12.8. The lowest BCUT2D eigenvalue weighted by atomic mass is 9.72. The monoisotopic (exact) mass is 380 g/mol. The Morgan fingerprint density at radius 1 is 1.25 bits per heavy atom. The maximum Gasteiger partial charge on any atom is 0.323 e. The van der Waals surface area contributed by atoms with Crippen molar-refractivity contribution >= 4 is 22.7 Å². The lowest BCUT2D eigenvalue weighted by Gasteiger charge is -2.55. The molecule has 1 aromatic heterocycles. The second kappa shape index (κ2) is 6.29. The van der Waals surface area contributed by atoms with E-state index in [0.717, 1.165) is 29.4 Å². The summed E-state index contributed by atoms with van der Waals surface area (Å²) in [6.07, 6.45) is 6.10. The summed E-state index contributed by atoms with van der Waals surface area (Å²) in [6, 6.07) is 7.63. The summed E-state index contributed by atoms with van der Waals surface area (Å²) < 4.78 is 11.1. The number of hydrogen-bond donors (Lipinski definition) is 1. The van der Waals surface area contributed by atoms with E-state index in [4.69, 9.17) is 9.47 Å². The number of piperidine rings is 1. The Bertz CT molecular complexity index is 994. The van der Waals surface area contributed by atoms with E-state index in [1.54, 1.807) is 13.2 Å². The van der Waals surface area contributed by atoms with Crippen LogP contribution in [0.3, 0.4) is 0 Å². The van der Waals surface area contributed by atoms with E-state index in [2.05, 4.69) is 22.0 Å². The molecule has 0 radical (unpaired) electrons. The molecular weight excluding hydrogens is 356 g/mol. The molecule has 0 spiro atoms. The molecule has 3 aliphatic rings. The van der Waals surface area contributed by atoms with Crippen LogP contribution >= 0.6 is 0 Å². The van der Waals surface area contributed by atoms with Crippen molar-refractivity contribution in [2.45, 2.75) is 49.4 Å². The lowest BCUT2D eigenvalue weighted by molar-refractivity contribution is -0.164. The number of carbonyl (C=O) groups excluding carboxylic acids is 2. The Kier molecular flexibility index (Phi) is 3.96. The maximum absolute atomic E-state index is 12.8. The molecule has 3 heterocycles. The molecule has 0 saturated carbocycles. The fourth-order valence-electron chi connectivity index (χ4n) is 5.51. The summed E-state index contributed by atoms with van der Waals surface area (Å²) in [7, 11) is 3.13. The molecule has 1 aliphatic carbocycles. The van der Waals surface area contributed by atoms with E-state index in [-0.39, 0.29) is 23.8 Å². The molecule has 4 atom stereocenters. The van der Waals surface area contributed by atoms with Crippen molar-refractivity contribution < 1.29 is 19.1 Å². The van der Waals surface area contributed by atoms with E-state index in [1.807, 2.05) is 18.2 Å². The van der Waals surface area contributed by atoms with Gasteiger partial charge >= 0.3 is 5.97 Å². The van der Waals surface area contributed by atoms with Gasteiger partial charge in [-0.3, -0.25) is 14.5 Å². The van der Waals surface area contributed by atoms with Gasteiger partial charge in [-0.15, -0.1) is 0 Å². The van der Waals surface area contributed by atoms with Crippen molar-refractivity contribution in [1.29, 1.82) is 0 Å². The van der Waals surface area contributed by atoms with Gasteiger partial charge in [0.15, 0.2) is 5.78 Å². The number of allylic oxidation sites excluding steroid dienone is 1. The van der Waals surface area contributed by atoms with Crippen LogP contribution in [0.5, 0.6) is 0 Å². The van der Waals surface area contributed by atoms with E-state index < -0.39 is 11.6 Å². The fraction of sp³-hybridized carbons (Fsp3) is 0.455. The van der Waals surface area contributed by atoms with Gasteiger partial charge in [0.1, 0.15) is 11.6 Å². The SMILES string of the molecule is COC(=O)[C@H]1Cc2c([nH]c3ccccc23)[C@@H]2CC[C@@]3(OC)C=CC(=O)CC3N12. The quantitative estimate of drug-likeness (QED) is 0.811. The van der Waals surface area contributed by atoms with Gasteiger partial charge in [0.05, 0.1) is 19.2 Å². The number of nitrogens with zero attached hydrogens (tertiary/aromatic N) is 1. The van der Waals surface area contributed by atoms with Crippen molar-refractivity contribution in [3.05, 3.63) is 47.7 Å². The first-order valence-electron chi connectivity index (χ1n) is 9.80. The van der Waals surface area contributed by atoms with E-state index in [1.165, 1.54) is 12.7 Å². The van der Waals surface area contributed by atoms with Gasteiger partial charge in [-0.2, -0.15) is 0 Å². The van der Waals surface area contributed by atoms with Gasteiger partial charge in [0, 0.05) is 36.5 Å². The zero-order valence-electron chi connectivity index (χ0n) is 16.1. The van der Waals surface area contributed by atoms with Gasteiger partial charge < -0.3 is 14.5 Å². The summed E-state index contributed by atoms with van der Waals surface area (Å²) >= 11 is 0. The van der Waals surface area contributed by atoms with Crippen LogP contribution in [0.4, 0.5) is 0 Å². The standard InChI is InChI=1S/C22H24N2O4/c1-27-21(26)18-12-15-14-5-3-4-6-16(14)23-20(15)17-8-10-22(28-2)9-7-13(25)11-19(22)24(17)18/h3-7,9,17-19,23H,8,10-12H2,1-2H3/t17-,18+,19?,22-/m0/s1. The number of aromatic amines is 1. The van der Waals surface area contributed by atoms with E-state index >= 15 is 0 Å². The molecule has 28 heavy (non-hydrogen) atoms. The molecule has 6 heteroatoms. The molecule has 1 aromatic carbocycles. The Hall–Kier alpha value is -2.44. The van der Waals surface area contributed by atoms with Crippen molar-refractivity contribution in [3.63, 3.8) is 0 Å². The number of ether oxygens (including phenoxy) is 2. The second-order valence-corrected chi connectivity index (χ2v) is 7.99. The number of para-hydroxylation sites is 1. The number of esters is 1. The first-order chi connectivity index (χ1) is 13.6. The average molecular weight is 380 g/mol. The molecule has 1 unspecified atom stereocenters. The van der Waals surface area contributed by atoms with Gasteiger partial charge in [-0.05, 0) is 36.6 Å². The number of ketones is 1. The predicted octanol–water partition coefficient (Wildman–Crippen LogP) is 2.69. The van der Waals surface area contributed by atoms with Crippen molar-refractivity contribution in [2.24, 2.45) is 0 Å². The number of rotatable bonds is 2. The lowest BCUT2D eigenvalue weighted by Crippen LogP contribution is -2.65. The molecular formula is C22H24N2O4. The first-order valence-corrected chi connectivity index (χ1v) is 9.80. The van der Waals surface area contributed by atoms with Crippen LogP contribution in [0, 0.1) is 0 Å². The smallest absolute Gasteiger partial charge is 0.323 e. The molecule has 0 amide bonds. The Morgan fingerprint density at radius 2 is 2.07 bits per heavy atom. The van der Waals surface area contributed by atoms with Crippen LogP contribution in [-0.2, 0) is 25.5 Å². The number of aromatic nitrogens is 1. The highest BCUT2D eigenvalue weighted by Gasteiger charge is 2.55. The highest BCUT2D eigenvalue weighted by molar-refractivity contribution is 5.92. The normalized spacial score (nSPS) is 31.9. The van der Waals surface area contributed by atoms with Crippen LogP contribution in [0.2, 0.25) is 0 Å². The first kappa shape index (κ1) is 17.6. The van der Waals surface area contributed by atoms with Gasteiger partial charge in [-0.1, -0.05) is 18.2 Å². The summed E-state index contributed by atoms with van der Waals surface area (Å²) in [5.41, 5.74) is 2.89. The molecule has 1 fully saturated rings. The largest absolute Gasteiger partial charge is 0.468 e. The third-order valence-corrected chi connectivity index (χ3v) is 6.83. The average Bonchev–Trinajstić information content (AvgIpc) is 3.11. The zero-order valence-corrected chi connectivity index (χ0v) is 16.1. The van der Waals surface area contributed by atoms with Gasteiger partial charge in [-0.25, -0.2) is 0 Å². The third kappa shape index (κ3) is 2.34. The minimum Gasteiger partial charge on any atom is -0.468 e. The second-order valence-electron chi connectivity index (χ2n) is 7.99. The molecule has 2 aromatic rings. The predicted molar refractivity (Wildman–Crippen MR) is 104 cm³/mol. The number of carbonyl (C=O) groups is 2. The van der Waals surface area contributed by atoms with Gasteiger partial charge in [0.25, 0.3) is 0 Å². The van der Waals surface area contributed by atoms with Crippen LogP contribution in [0.25, 0.3) is 10.9 Å². The third-order valence-electron chi connectivity index (χ3n) is 6.83. The minimum absolute atomic E-state index is 0.0350. The van der Waals surface area contributed by atoms with Gasteiger partial charge in [0.2, 0.25) is 0 Å². The van der Waals surface area contributed by atoms with Crippen molar-refractivity contribution in [1.82, 2.24) is 9.88 Å². The molecule has 1 N–H and O–H groups in total. The molecule has 6 nitrogen and oxygen atoms in total. The topological polar surface area (TPSA) is 71.6 Å². The van der Waals surface area contributed by atoms with Crippen LogP contribution in [-0.4, -0.2) is 53.5 Å². The number of benzene rings is 1. The van der Waals surface area contributed by atoms with Crippen LogP contribution < -0.4 is 0 Å². The summed E-state index contributed by atoms with van der Waals surface area (Å²) in [5.74, 6) is -0.181. The molecule has 1 saturated heterocycles. The number of H-pyrrole nitrogens is 1. The van der Waals surface area contributed by atoms with Crippen LogP contribution in [0.1, 0.15) is 36.6 Å². The van der Waals surface area contributed by atoms with Crippen molar-refractivity contribution in [3.8, 4) is 0 Å².